The van der Waals surface area contributed by atoms with Crippen molar-refractivity contribution in [1.29, 1.82) is 0 Å². The molecule has 1 fully saturated rings. The Bertz CT molecular complexity index is 1150. The summed E-state index contributed by atoms with van der Waals surface area (Å²) in [5.41, 5.74) is -3.74. The number of aromatic nitrogens is 3. The fourth-order valence-electron chi connectivity index (χ4n) is 3.78. The fraction of sp³-hybridized carbons (Fsp3) is 0.400. The van der Waals surface area contributed by atoms with Crippen LogP contribution < -0.4 is 5.32 Å². The predicted molar refractivity (Wildman–Crippen MR) is 103 cm³/mol. The van der Waals surface area contributed by atoms with Crippen LogP contribution in [0.25, 0.3) is 5.65 Å². The number of anilines is 1. The molecule has 3 heterocycles. The molecule has 0 amide bonds. The lowest BCUT2D eigenvalue weighted by Crippen LogP contribution is -2.61. The monoisotopic (exact) mass is 477 g/mol. The van der Waals surface area contributed by atoms with Crippen molar-refractivity contribution < 1.29 is 35.8 Å². The zero-order valence-corrected chi connectivity index (χ0v) is 17.0. The number of nitrogens with one attached hydrogen (secondary N) is 1. The number of β-amino-alcohol motifs (C(OH)–C–C–N with tert-alkyl or cyclic N) is 1. The number of alkyl halides is 6. The van der Waals surface area contributed by atoms with Crippen LogP contribution in [0.4, 0.5) is 36.6 Å². The predicted octanol–water partition coefficient (Wildman–Crippen LogP) is 4.13. The number of benzene rings is 1. The van der Waals surface area contributed by atoms with Gasteiger partial charge in [-0.05, 0) is 24.6 Å². The van der Waals surface area contributed by atoms with E-state index in [1.807, 2.05) is 4.90 Å². The minimum Gasteiger partial charge on any atom is -0.388 e. The molecule has 1 aliphatic rings. The zero-order valence-electron chi connectivity index (χ0n) is 17.0. The van der Waals surface area contributed by atoms with Gasteiger partial charge in [-0.1, -0.05) is 12.1 Å². The molecule has 13 heteroatoms. The second-order valence-electron chi connectivity index (χ2n) is 8.17. The van der Waals surface area contributed by atoms with Crippen molar-refractivity contribution in [2.75, 3.05) is 25.0 Å². The first-order chi connectivity index (χ1) is 15.2. The van der Waals surface area contributed by atoms with Crippen molar-refractivity contribution in [2.45, 2.75) is 30.9 Å². The topological polar surface area (TPSA) is 65.7 Å². The minimum atomic E-state index is -4.90. The molecule has 0 aliphatic carbocycles. The van der Waals surface area contributed by atoms with Gasteiger partial charge in [0.2, 0.25) is 0 Å². The first-order valence-electron chi connectivity index (χ1n) is 9.74. The van der Waals surface area contributed by atoms with Gasteiger partial charge in [-0.25, -0.2) is 9.37 Å². The van der Waals surface area contributed by atoms with E-state index in [1.165, 1.54) is 24.3 Å². The van der Waals surface area contributed by atoms with Gasteiger partial charge < -0.3 is 10.4 Å². The smallest absolute Gasteiger partial charge is 0.388 e. The summed E-state index contributed by atoms with van der Waals surface area (Å²) in [4.78, 5) is 5.08. The van der Waals surface area contributed by atoms with Gasteiger partial charge in [0.1, 0.15) is 11.6 Å². The van der Waals surface area contributed by atoms with Gasteiger partial charge in [0, 0.05) is 31.8 Å². The molecule has 0 radical (unpaired) electrons. The van der Waals surface area contributed by atoms with Crippen LogP contribution in [-0.4, -0.2) is 49.8 Å². The van der Waals surface area contributed by atoms with Crippen molar-refractivity contribution in [3.8, 4) is 0 Å². The Morgan fingerprint density at radius 3 is 2.18 bits per heavy atom. The summed E-state index contributed by atoms with van der Waals surface area (Å²) >= 11 is 0. The molecular formula is C20H18F7N5O. The number of likely N-dealkylation sites (tertiary alicyclic amines) is 1. The number of halogens is 7. The highest BCUT2D eigenvalue weighted by atomic mass is 19.4. The largest absolute Gasteiger partial charge is 0.435 e. The van der Waals surface area contributed by atoms with Crippen LogP contribution in [0, 0.1) is 5.82 Å². The molecule has 178 valence electrons. The average Bonchev–Trinajstić information content (AvgIpc) is 3.12. The Balaban J connectivity index is 1.69. The summed E-state index contributed by atoms with van der Waals surface area (Å²) in [5.74, 6) is -0.829. The number of rotatable bonds is 5. The Morgan fingerprint density at radius 1 is 1.03 bits per heavy atom. The van der Waals surface area contributed by atoms with E-state index in [9.17, 15) is 35.8 Å². The highest BCUT2D eigenvalue weighted by molar-refractivity contribution is 5.51. The summed E-state index contributed by atoms with van der Waals surface area (Å²) < 4.78 is 93.2. The van der Waals surface area contributed by atoms with E-state index in [4.69, 9.17) is 0 Å². The normalized spacial score (nSPS) is 17.7. The number of hydrogen-bond acceptors (Lipinski definition) is 5. The SMILES string of the molecule is CC1(O)CN(C(CNc2cc(C(F)(F)F)nc3cc(C(F)(F)F)nn23)c2ccc(F)cc2)C1. The standard InChI is InChI=1S/C20H18F7N5O/c1-18(33)9-31(10-18)13(11-2-4-12(21)5-3-11)8-28-16-6-14(19(22,23)24)29-17-7-15(20(25,26)27)30-32(16)17/h2-7,13,28,33H,8-10H2,1H3. The second-order valence-corrected chi connectivity index (χ2v) is 8.17. The molecule has 1 atom stereocenters. The van der Waals surface area contributed by atoms with Gasteiger partial charge in [-0.15, -0.1) is 0 Å². The van der Waals surface area contributed by atoms with Crippen molar-refractivity contribution in [3.05, 3.63) is 59.2 Å². The van der Waals surface area contributed by atoms with Gasteiger partial charge in [-0.2, -0.15) is 36.0 Å². The molecule has 2 N–H and O–H groups in total. The molecule has 2 aromatic heterocycles. The summed E-state index contributed by atoms with van der Waals surface area (Å²) in [7, 11) is 0. The Morgan fingerprint density at radius 2 is 1.64 bits per heavy atom. The van der Waals surface area contributed by atoms with E-state index in [-0.39, 0.29) is 25.5 Å². The van der Waals surface area contributed by atoms with Crippen LogP contribution >= 0.6 is 0 Å². The molecule has 1 unspecified atom stereocenters. The summed E-state index contributed by atoms with van der Waals surface area (Å²) in [6, 6.07) is 5.92. The highest BCUT2D eigenvalue weighted by Crippen LogP contribution is 2.35. The maximum atomic E-state index is 13.4. The van der Waals surface area contributed by atoms with E-state index in [0.29, 0.717) is 22.2 Å². The number of nitrogens with zero attached hydrogens (tertiary/aromatic N) is 4. The number of hydrogen-bond donors (Lipinski definition) is 2. The third kappa shape index (κ3) is 4.88. The van der Waals surface area contributed by atoms with Crippen LogP contribution in [-0.2, 0) is 12.4 Å². The van der Waals surface area contributed by atoms with Crippen LogP contribution in [0.5, 0.6) is 0 Å². The molecule has 0 spiro atoms. The Hall–Kier alpha value is -2.93. The van der Waals surface area contributed by atoms with Crippen LogP contribution in [0.2, 0.25) is 0 Å². The van der Waals surface area contributed by atoms with Gasteiger partial charge in [0.25, 0.3) is 0 Å². The molecule has 0 saturated carbocycles. The summed E-state index contributed by atoms with van der Waals surface area (Å²) in [6.07, 6.45) is -9.77. The highest BCUT2D eigenvalue weighted by Gasteiger charge is 2.41. The summed E-state index contributed by atoms with van der Waals surface area (Å²) in [6.45, 7) is 2.05. The van der Waals surface area contributed by atoms with Crippen molar-refractivity contribution >= 4 is 11.5 Å². The van der Waals surface area contributed by atoms with E-state index >= 15 is 0 Å². The number of fused-ring (bicyclic) bond motifs is 1. The minimum absolute atomic E-state index is 0.0562. The van der Waals surface area contributed by atoms with Crippen molar-refractivity contribution in [1.82, 2.24) is 19.5 Å². The lowest BCUT2D eigenvalue weighted by Gasteiger charge is -2.48. The summed E-state index contributed by atoms with van der Waals surface area (Å²) in [5, 5.41) is 16.2. The van der Waals surface area contributed by atoms with E-state index in [1.54, 1.807) is 6.92 Å². The van der Waals surface area contributed by atoms with Crippen molar-refractivity contribution in [3.63, 3.8) is 0 Å². The van der Waals surface area contributed by atoms with Gasteiger partial charge in [0.15, 0.2) is 17.0 Å². The van der Waals surface area contributed by atoms with Gasteiger partial charge in [-0.3, -0.25) is 4.90 Å². The lowest BCUT2D eigenvalue weighted by atomic mass is 9.92. The molecule has 6 nitrogen and oxygen atoms in total. The average molecular weight is 477 g/mol. The maximum Gasteiger partial charge on any atom is 0.435 e. The Labute approximate surface area is 182 Å². The van der Waals surface area contributed by atoms with E-state index < -0.39 is 46.8 Å². The first kappa shape index (κ1) is 23.2. The first-order valence-corrected chi connectivity index (χ1v) is 9.74. The van der Waals surface area contributed by atoms with E-state index in [0.717, 1.165) is 0 Å². The van der Waals surface area contributed by atoms with Crippen LogP contribution in [0.3, 0.4) is 0 Å². The Kier molecular flexibility index (Phi) is 5.52. The third-order valence-corrected chi connectivity index (χ3v) is 5.27. The molecule has 33 heavy (non-hydrogen) atoms. The lowest BCUT2D eigenvalue weighted by molar-refractivity contribution is -0.142. The van der Waals surface area contributed by atoms with Crippen molar-refractivity contribution in [2.24, 2.45) is 0 Å². The van der Waals surface area contributed by atoms with Crippen LogP contribution in [0.15, 0.2) is 36.4 Å². The molecule has 1 aromatic carbocycles. The molecule has 3 aromatic rings. The van der Waals surface area contributed by atoms with Gasteiger partial charge >= 0.3 is 12.4 Å². The number of aliphatic hydroxyl groups is 1. The maximum absolute atomic E-state index is 13.4. The van der Waals surface area contributed by atoms with Gasteiger partial charge in [0.05, 0.1) is 11.6 Å². The quantitative estimate of drug-likeness (QED) is 0.542. The second kappa shape index (κ2) is 7.83. The molecule has 4 rings (SSSR count). The van der Waals surface area contributed by atoms with Crippen LogP contribution in [0.1, 0.15) is 29.9 Å². The zero-order chi connectivity index (χ0) is 24.2. The molecule has 1 aliphatic heterocycles. The molecular weight excluding hydrogens is 459 g/mol. The molecule has 0 bridgehead atoms. The third-order valence-electron chi connectivity index (χ3n) is 5.27. The van der Waals surface area contributed by atoms with E-state index in [2.05, 4.69) is 15.4 Å². The fourth-order valence-corrected chi connectivity index (χ4v) is 3.78. The molecule has 1 saturated heterocycles.